The maximum atomic E-state index is 12.5. The Kier molecular flexibility index (Phi) is 6.02. The third-order valence-corrected chi connectivity index (χ3v) is 6.02. The van der Waals surface area contributed by atoms with Crippen molar-refractivity contribution in [3.05, 3.63) is 35.6 Å². The Morgan fingerprint density at radius 1 is 1.36 bits per heavy atom. The molecule has 3 rings (SSSR count). The second kappa shape index (κ2) is 8.23. The molecule has 1 aromatic carbocycles. The molecule has 1 aromatic heterocycles. The number of thioether (sulfide) groups is 1. The van der Waals surface area contributed by atoms with Crippen molar-refractivity contribution in [2.24, 2.45) is 5.92 Å². The third-order valence-electron chi connectivity index (χ3n) is 4.85. The summed E-state index contributed by atoms with van der Waals surface area (Å²) in [5.41, 5.74) is 0.891. The zero-order valence-corrected chi connectivity index (χ0v) is 16.1. The van der Waals surface area contributed by atoms with Crippen molar-refractivity contribution in [1.29, 1.82) is 0 Å². The summed E-state index contributed by atoms with van der Waals surface area (Å²) in [6.07, 6.45) is 6.27. The highest BCUT2D eigenvalue weighted by molar-refractivity contribution is 7.99. The van der Waals surface area contributed by atoms with Gasteiger partial charge in [0.05, 0.1) is 11.4 Å². The molecule has 7 heteroatoms. The summed E-state index contributed by atoms with van der Waals surface area (Å²) in [7, 11) is 1.92. The molecule has 0 spiro atoms. The Hall–Kier alpha value is -1.53. The lowest BCUT2D eigenvalue weighted by Crippen LogP contribution is -2.40. The minimum Gasteiger partial charge on any atom is -0.342 e. The van der Waals surface area contributed by atoms with Gasteiger partial charge in [-0.25, -0.2) is 0 Å². The van der Waals surface area contributed by atoms with Crippen LogP contribution in [0.3, 0.4) is 0 Å². The van der Waals surface area contributed by atoms with Crippen LogP contribution in [0.2, 0.25) is 5.02 Å². The molecule has 2 aromatic rings. The number of amides is 1. The smallest absolute Gasteiger partial charge is 0.233 e. The van der Waals surface area contributed by atoms with Crippen molar-refractivity contribution in [3.8, 4) is 5.69 Å². The lowest BCUT2D eigenvalue weighted by Gasteiger charge is -2.33. The van der Waals surface area contributed by atoms with Gasteiger partial charge >= 0.3 is 0 Å². The molecule has 0 radical (unpaired) electrons. The van der Waals surface area contributed by atoms with Gasteiger partial charge in [-0.1, -0.05) is 36.4 Å². The topological polar surface area (TPSA) is 51.0 Å². The molecular weight excluding hydrogens is 356 g/mol. The second-order valence-electron chi connectivity index (χ2n) is 6.67. The largest absolute Gasteiger partial charge is 0.342 e. The first-order chi connectivity index (χ1) is 12.0. The number of halogens is 1. The maximum absolute atomic E-state index is 12.5. The lowest BCUT2D eigenvalue weighted by molar-refractivity contribution is -0.129. The summed E-state index contributed by atoms with van der Waals surface area (Å²) in [5, 5.41) is 9.46. The van der Waals surface area contributed by atoms with Gasteiger partial charge in [-0.2, -0.15) is 0 Å². The van der Waals surface area contributed by atoms with Gasteiger partial charge in [0, 0.05) is 18.1 Å². The number of hydrogen-bond acceptors (Lipinski definition) is 4. The van der Waals surface area contributed by atoms with E-state index in [0.717, 1.165) is 24.4 Å². The molecule has 0 saturated heterocycles. The molecule has 0 bridgehead atoms. The van der Waals surface area contributed by atoms with Gasteiger partial charge < -0.3 is 4.90 Å². The fourth-order valence-corrected chi connectivity index (χ4v) is 4.22. The van der Waals surface area contributed by atoms with E-state index in [2.05, 4.69) is 17.1 Å². The summed E-state index contributed by atoms with van der Waals surface area (Å²) in [6.45, 7) is 2.29. The quantitative estimate of drug-likeness (QED) is 0.736. The molecule has 1 fully saturated rings. The molecule has 0 N–H and O–H groups in total. The Morgan fingerprint density at radius 3 is 2.84 bits per heavy atom. The minimum atomic E-state index is 0.144. The van der Waals surface area contributed by atoms with Gasteiger partial charge in [0.2, 0.25) is 5.91 Å². The van der Waals surface area contributed by atoms with Crippen LogP contribution in [-0.2, 0) is 4.79 Å². The summed E-state index contributed by atoms with van der Waals surface area (Å²) < 4.78 is 1.85. The molecule has 1 amide bonds. The standard InChI is InChI=1S/C18H23ClN4OS/c1-13-6-8-15(9-7-13)22(2)17(24)11-25-18-21-20-12-23(18)16-5-3-4-14(19)10-16/h3-5,10,12-13,15H,6-9,11H2,1-2H3. The third kappa shape index (κ3) is 4.55. The molecule has 134 valence electrons. The molecule has 1 heterocycles. The van der Waals surface area contributed by atoms with E-state index in [4.69, 9.17) is 11.6 Å². The van der Waals surface area contributed by atoms with E-state index in [0.29, 0.717) is 22.0 Å². The number of aromatic nitrogens is 3. The normalized spacial score (nSPS) is 20.4. The molecule has 0 atom stereocenters. The zero-order valence-electron chi connectivity index (χ0n) is 14.6. The van der Waals surface area contributed by atoms with Gasteiger partial charge in [-0.3, -0.25) is 9.36 Å². The highest BCUT2D eigenvalue weighted by Crippen LogP contribution is 2.27. The Balaban J connectivity index is 1.60. The van der Waals surface area contributed by atoms with E-state index in [9.17, 15) is 4.79 Å². The lowest BCUT2D eigenvalue weighted by atomic mass is 9.87. The predicted molar refractivity (Wildman–Crippen MR) is 101 cm³/mol. The fourth-order valence-electron chi connectivity index (χ4n) is 3.19. The predicted octanol–water partition coefficient (Wildman–Crippen LogP) is 4.05. The number of rotatable bonds is 5. The molecular formula is C18H23ClN4OS. The summed E-state index contributed by atoms with van der Waals surface area (Å²) in [6, 6.07) is 7.87. The molecule has 5 nitrogen and oxygen atoms in total. The SMILES string of the molecule is CC1CCC(N(C)C(=O)CSc2nncn2-c2cccc(Cl)c2)CC1. The highest BCUT2D eigenvalue weighted by Gasteiger charge is 2.25. The van der Waals surface area contributed by atoms with Crippen molar-refractivity contribution in [3.63, 3.8) is 0 Å². The molecule has 0 unspecified atom stereocenters. The van der Waals surface area contributed by atoms with Crippen LogP contribution >= 0.6 is 23.4 Å². The van der Waals surface area contributed by atoms with Crippen molar-refractivity contribution in [2.75, 3.05) is 12.8 Å². The fraction of sp³-hybridized carbons (Fsp3) is 0.500. The van der Waals surface area contributed by atoms with E-state index in [-0.39, 0.29) is 5.91 Å². The van der Waals surface area contributed by atoms with Gasteiger partial charge in [0.25, 0.3) is 0 Å². The summed E-state index contributed by atoms with van der Waals surface area (Å²) in [4.78, 5) is 14.5. The molecule has 0 aliphatic heterocycles. The van der Waals surface area contributed by atoms with Crippen molar-refractivity contribution in [2.45, 2.75) is 43.8 Å². The van der Waals surface area contributed by atoms with Crippen LogP contribution in [0.15, 0.2) is 35.7 Å². The first kappa shape index (κ1) is 18.3. The van der Waals surface area contributed by atoms with Gasteiger partial charge in [-0.05, 0) is 49.8 Å². The first-order valence-corrected chi connectivity index (χ1v) is 9.95. The average molecular weight is 379 g/mol. The van der Waals surface area contributed by atoms with E-state index in [1.54, 1.807) is 6.33 Å². The van der Waals surface area contributed by atoms with Crippen molar-refractivity contribution >= 4 is 29.3 Å². The van der Waals surface area contributed by atoms with Crippen LogP contribution in [0.1, 0.15) is 32.6 Å². The number of hydrogen-bond donors (Lipinski definition) is 0. The number of carbonyl (C=O) groups excluding carboxylic acids is 1. The zero-order chi connectivity index (χ0) is 17.8. The summed E-state index contributed by atoms with van der Waals surface area (Å²) >= 11 is 7.47. The molecule has 25 heavy (non-hydrogen) atoms. The van der Waals surface area contributed by atoms with Crippen LogP contribution in [0.4, 0.5) is 0 Å². The Bertz CT molecular complexity index is 727. The minimum absolute atomic E-state index is 0.144. The Labute approximate surface area is 157 Å². The maximum Gasteiger partial charge on any atom is 0.233 e. The van der Waals surface area contributed by atoms with Crippen LogP contribution in [0, 0.1) is 5.92 Å². The van der Waals surface area contributed by atoms with Gasteiger partial charge in [-0.15, -0.1) is 10.2 Å². The van der Waals surface area contributed by atoms with Crippen LogP contribution in [0.5, 0.6) is 0 Å². The monoisotopic (exact) mass is 378 g/mol. The molecule has 1 saturated carbocycles. The molecule has 1 aliphatic rings. The second-order valence-corrected chi connectivity index (χ2v) is 8.05. The number of benzene rings is 1. The van der Waals surface area contributed by atoms with Crippen LogP contribution in [-0.4, -0.2) is 44.4 Å². The van der Waals surface area contributed by atoms with Crippen LogP contribution in [0.25, 0.3) is 5.69 Å². The Morgan fingerprint density at radius 2 is 2.12 bits per heavy atom. The van der Waals surface area contributed by atoms with E-state index < -0.39 is 0 Å². The van der Waals surface area contributed by atoms with Crippen molar-refractivity contribution < 1.29 is 4.79 Å². The van der Waals surface area contributed by atoms with Crippen molar-refractivity contribution in [1.82, 2.24) is 19.7 Å². The van der Waals surface area contributed by atoms with Crippen LogP contribution < -0.4 is 0 Å². The number of nitrogens with zero attached hydrogens (tertiary/aromatic N) is 4. The average Bonchev–Trinajstić information content (AvgIpc) is 3.08. The molecule has 1 aliphatic carbocycles. The van der Waals surface area contributed by atoms with E-state index in [1.807, 2.05) is 40.8 Å². The first-order valence-electron chi connectivity index (χ1n) is 8.59. The van der Waals surface area contributed by atoms with E-state index >= 15 is 0 Å². The summed E-state index contributed by atoms with van der Waals surface area (Å²) in [5.74, 6) is 1.29. The van der Waals surface area contributed by atoms with Gasteiger partial charge in [0.15, 0.2) is 5.16 Å². The number of carbonyl (C=O) groups is 1. The highest BCUT2D eigenvalue weighted by atomic mass is 35.5. The van der Waals surface area contributed by atoms with Gasteiger partial charge in [0.1, 0.15) is 6.33 Å². The van der Waals surface area contributed by atoms with E-state index in [1.165, 1.54) is 24.6 Å².